The minimum Gasteiger partial charge on any atom is -0.384 e. The maximum absolute atomic E-state index is 10.3. The predicted octanol–water partition coefficient (Wildman–Crippen LogP) is 3.78. The van der Waals surface area contributed by atoms with Crippen molar-refractivity contribution >= 4 is 23.2 Å². The van der Waals surface area contributed by atoms with E-state index in [-0.39, 0.29) is 0 Å². The zero-order chi connectivity index (χ0) is 12.4. The number of aryl methyl sites for hydroxylation is 1. The molecule has 0 amide bonds. The molecule has 0 aliphatic rings. The van der Waals surface area contributed by atoms with E-state index in [1.54, 1.807) is 36.7 Å². The summed E-state index contributed by atoms with van der Waals surface area (Å²) in [6, 6.07) is 7.00. The smallest absolute Gasteiger partial charge is 0.106 e. The molecular formula is C13H11Cl2NO. The summed E-state index contributed by atoms with van der Waals surface area (Å²) in [4.78, 5) is 3.99. The van der Waals surface area contributed by atoms with Gasteiger partial charge in [0.15, 0.2) is 0 Å². The Morgan fingerprint density at radius 2 is 1.94 bits per heavy atom. The van der Waals surface area contributed by atoms with Crippen LogP contribution >= 0.6 is 23.2 Å². The van der Waals surface area contributed by atoms with Gasteiger partial charge in [-0.05, 0) is 30.2 Å². The maximum atomic E-state index is 10.3. The molecule has 0 spiro atoms. The second-order valence-corrected chi connectivity index (χ2v) is 4.56. The molecule has 0 bridgehead atoms. The fourth-order valence-electron chi connectivity index (χ4n) is 1.69. The first kappa shape index (κ1) is 12.4. The summed E-state index contributed by atoms with van der Waals surface area (Å²) in [5, 5.41) is 11.1. The van der Waals surface area contributed by atoms with E-state index in [4.69, 9.17) is 23.2 Å². The molecule has 0 radical (unpaired) electrons. The highest BCUT2D eigenvalue weighted by atomic mass is 35.5. The number of rotatable bonds is 2. The van der Waals surface area contributed by atoms with Crippen LogP contribution in [0.25, 0.3) is 0 Å². The quantitative estimate of drug-likeness (QED) is 0.899. The zero-order valence-corrected chi connectivity index (χ0v) is 10.7. The average molecular weight is 268 g/mol. The fourth-order valence-corrected chi connectivity index (χ4v) is 2.10. The lowest BCUT2D eigenvalue weighted by molar-refractivity contribution is 0.219. The number of hydrogen-bond acceptors (Lipinski definition) is 2. The van der Waals surface area contributed by atoms with Crippen molar-refractivity contribution in [1.82, 2.24) is 4.98 Å². The van der Waals surface area contributed by atoms with Gasteiger partial charge >= 0.3 is 0 Å². The third-order valence-corrected chi connectivity index (χ3v) is 3.47. The van der Waals surface area contributed by atoms with E-state index >= 15 is 0 Å². The van der Waals surface area contributed by atoms with Crippen LogP contribution in [0.1, 0.15) is 22.8 Å². The van der Waals surface area contributed by atoms with Crippen molar-refractivity contribution in [3.63, 3.8) is 0 Å². The Morgan fingerprint density at radius 1 is 1.18 bits per heavy atom. The summed E-state index contributed by atoms with van der Waals surface area (Å²) >= 11 is 12.0. The first-order valence-electron chi connectivity index (χ1n) is 5.13. The van der Waals surface area contributed by atoms with E-state index in [0.717, 1.165) is 11.1 Å². The molecule has 1 aromatic heterocycles. The molecule has 1 unspecified atom stereocenters. The lowest BCUT2D eigenvalue weighted by atomic mass is 9.99. The molecule has 17 heavy (non-hydrogen) atoms. The molecule has 88 valence electrons. The number of aliphatic hydroxyl groups is 1. The third kappa shape index (κ3) is 2.44. The van der Waals surface area contributed by atoms with Gasteiger partial charge in [-0.2, -0.15) is 0 Å². The number of aliphatic hydroxyl groups excluding tert-OH is 1. The van der Waals surface area contributed by atoms with Crippen LogP contribution in [0.3, 0.4) is 0 Å². The van der Waals surface area contributed by atoms with E-state index in [1.807, 2.05) is 6.92 Å². The molecule has 1 atom stereocenters. The van der Waals surface area contributed by atoms with Crippen molar-refractivity contribution in [2.45, 2.75) is 13.0 Å². The number of halogens is 2. The van der Waals surface area contributed by atoms with Crippen LogP contribution in [0.4, 0.5) is 0 Å². The van der Waals surface area contributed by atoms with Crippen LogP contribution < -0.4 is 0 Å². The van der Waals surface area contributed by atoms with Gasteiger partial charge < -0.3 is 5.11 Å². The van der Waals surface area contributed by atoms with Gasteiger partial charge in [0.2, 0.25) is 0 Å². The van der Waals surface area contributed by atoms with Crippen molar-refractivity contribution in [3.8, 4) is 0 Å². The van der Waals surface area contributed by atoms with Crippen LogP contribution in [0.15, 0.2) is 36.7 Å². The van der Waals surface area contributed by atoms with Crippen molar-refractivity contribution < 1.29 is 5.11 Å². The Labute approximate surface area is 110 Å². The maximum Gasteiger partial charge on any atom is 0.106 e. The minimum absolute atomic E-state index is 0.387. The molecule has 0 aliphatic carbocycles. The first-order valence-corrected chi connectivity index (χ1v) is 5.89. The molecule has 4 heteroatoms. The van der Waals surface area contributed by atoms with Crippen LogP contribution in [0, 0.1) is 6.92 Å². The van der Waals surface area contributed by atoms with Crippen LogP contribution in [0.2, 0.25) is 10.0 Å². The summed E-state index contributed by atoms with van der Waals surface area (Å²) in [5.74, 6) is 0. The van der Waals surface area contributed by atoms with Gasteiger partial charge in [-0.25, -0.2) is 0 Å². The van der Waals surface area contributed by atoms with Crippen molar-refractivity contribution in [2.75, 3.05) is 0 Å². The first-order chi connectivity index (χ1) is 8.11. The summed E-state index contributed by atoms with van der Waals surface area (Å²) < 4.78 is 0. The normalized spacial score (nSPS) is 12.5. The van der Waals surface area contributed by atoms with E-state index < -0.39 is 6.10 Å². The fraction of sp³-hybridized carbons (Fsp3) is 0.154. The van der Waals surface area contributed by atoms with Gasteiger partial charge in [-0.3, -0.25) is 4.98 Å². The average Bonchev–Trinajstić information content (AvgIpc) is 2.32. The van der Waals surface area contributed by atoms with Gasteiger partial charge in [0.05, 0.1) is 10.0 Å². The minimum atomic E-state index is -0.788. The standard InChI is InChI=1S/C13H11Cl2NO/c1-8-7-16-6-5-9(8)13(17)10-3-2-4-11(14)12(10)15/h2-7,13,17H,1H3. The van der Waals surface area contributed by atoms with Gasteiger partial charge in [0.25, 0.3) is 0 Å². The number of nitrogens with zero attached hydrogens (tertiary/aromatic N) is 1. The highest BCUT2D eigenvalue weighted by Gasteiger charge is 2.17. The Morgan fingerprint density at radius 3 is 2.65 bits per heavy atom. The molecule has 2 rings (SSSR count). The van der Waals surface area contributed by atoms with Gasteiger partial charge in [0, 0.05) is 18.0 Å². The van der Waals surface area contributed by atoms with Crippen molar-refractivity contribution in [3.05, 3.63) is 63.4 Å². The summed E-state index contributed by atoms with van der Waals surface area (Å²) in [6.07, 6.45) is 2.56. The van der Waals surface area contributed by atoms with E-state index in [9.17, 15) is 5.11 Å². The number of pyridine rings is 1. The Kier molecular flexibility index (Phi) is 3.67. The molecule has 1 heterocycles. The van der Waals surface area contributed by atoms with Crippen molar-refractivity contribution in [1.29, 1.82) is 0 Å². The summed E-state index contributed by atoms with van der Waals surface area (Å²) in [7, 11) is 0. The largest absolute Gasteiger partial charge is 0.384 e. The summed E-state index contributed by atoms with van der Waals surface area (Å²) in [6.45, 7) is 1.89. The molecule has 1 N–H and O–H groups in total. The van der Waals surface area contributed by atoms with Crippen LogP contribution in [0.5, 0.6) is 0 Å². The molecule has 0 saturated carbocycles. The second-order valence-electron chi connectivity index (χ2n) is 3.78. The Balaban J connectivity index is 2.48. The summed E-state index contributed by atoms with van der Waals surface area (Å²) in [5.41, 5.74) is 2.30. The number of aromatic nitrogens is 1. The molecular weight excluding hydrogens is 257 g/mol. The lowest BCUT2D eigenvalue weighted by Crippen LogP contribution is -2.03. The number of hydrogen-bond donors (Lipinski definition) is 1. The highest BCUT2D eigenvalue weighted by Crippen LogP contribution is 2.33. The van der Waals surface area contributed by atoms with Crippen LogP contribution in [-0.4, -0.2) is 10.1 Å². The molecule has 0 fully saturated rings. The van der Waals surface area contributed by atoms with Gasteiger partial charge in [-0.15, -0.1) is 0 Å². The van der Waals surface area contributed by atoms with Gasteiger partial charge in [-0.1, -0.05) is 35.3 Å². The lowest BCUT2D eigenvalue weighted by Gasteiger charge is -2.15. The Bertz CT molecular complexity index is 543. The predicted molar refractivity (Wildman–Crippen MR) is 69.5 cm³/mol. The SMILES string of the molecule is Cc1cnccc1C(O)c1cccc(Cl)c1Cl. The van der Waals surface area contributed by atoms with Crippen LogP contribution in [-0.2, 0) is 0 Å². The van der Waals surface area contributed by atoms with Crippen molar-refractivity contribution in [2.24, 2.45) is 0 Å². The highest BCUT2D eigenvalue weighted by molar-refractivity contribution is 6.42. The van der Waals surface area contributed by atoms with E-state index in [1.165, 1.54) is 0 Å². The Hall–Kier alpha value is -1.09. The monoisotopic (exact) mass is 267 g/mol. The number of benzene rings is 1. The molecule has 0 saturated heterocycles. The third-order valence-electron chi connectivity index (χ3n) is 2.63. The van der Waals surface area contributed by atoms with E-state index in [2.05, 4.69) is 4.98 Å². The molecule has 2 nitrogen and oxygen atoms in total. The molecule has 2 aromatic rings. The van der Waals surface area contributed by atoms with Gasteiger partial charge in [0.1, 0.15) is 6.10 Å². The molecule has 0 aliphatic heterocycles. The van der Waals surface area contributed by atoms with E-state index in [0.29, 0.717) is 15.6 Å². The zero-order valence-electron chi connectivity index (χ0n) is 9.19. The molecule has 1 aromatic carbocycles. The second kappa shape index (κ2) is 5.05. The topological polar surface area (TPSA) is 33.1 Å².